The van der Waals surface area contributed by atoms with E-state index < -0.39 is 0 Å². The summed E-state index contributed by atoms with van der Waals surface area (Å²) in [5.41, 5.74) is 3.48. The first kappa shape index (κ1) is 13.6. The minimum atomic E-state index is 0.345. The van der Waals surface area contributed by atoms with Gasteiger partial charge in [0.1, 0.15) is 0 Å². The molecule has 0 saturated heterocycles. The van der Waals surface area contributed by atoms with E-state index in [0.717, 1.165) is 6.54 Å². The van der Waals surface area contributed by atoms with Crippen LogP contribution in [0.4, 0.5) is 0 Å². The number of hydrogen-bond donors (Lipinski definition) is 1. The van der Waals surface area contributed by atoms with Gasteiger partial charge >= 0.3 is 0 Å². The second-order valence-corrected chi connectivity index (χ2v) is 6.36. The second-order valence-electron chi connectivity index (χ2n) is 6.36. The number of benzene rings is 1. The zero-order valence-electron chi connectivity index (χ0n) is 12.3. The molecule has 1 aliphatic rings. The number of hydrogen-bond acceptors (Lipinski definition) is 1. The molecule has 2 atom stereocenters. The molecule has 1 aromatic carbocycles. The molecule has 100 valence electrons. The molecule has 1 aromatic rings. The Morgan fingerprint density at radius 3 is 2.78 bits per heavy atom. The lowest BCUT2D eigenvalue weighted by molar-refractivity contribution is 0.344. The van der Waals surface area contributed by atoms with E-state index >= 15 is 0 Å². The average Bonchev–Trinajstić information content (AvgIpc) is 2.36. The van der Waals surface area contributed by atoms with Gasteiger partial charge in [0.2, 0.25) is 0 Å². The van der Waals surface area contributed by atoms with Gasteiger partial charge in [-0.05, 0) is 55.2 Å². The Balaban J connectivity index is 2.25. The minimum Gasteiger partial charge on any atom is -0.314 e. The predicted octanol–water partition coefficient (Wildman–Crippen LogP) is 4.23. The van der Waals surface area contributed by atoms with Crippen molar-refractivity contribution >= 4 is 0 Å². The summed E-state index contributed by atoms with van der Waals surface area (Å²) in [4.78, 5) is 0. The topological polar surface area (TPSA) is 12.0 Å². The molecule has 0 bridgehead atoms. The second kappa shape index (κ2) is 5.44. The molecule has 0 aliphatic heterocycles. The first-order chi connectivity index (χ1) is 8.56. The predicted molar refractivity (Wildman–Crippen MR) is 79.2 cm³/mol. The van der Waals surface area contributed by atoms with Crippen LogP contribution in [0.3, 0.4) is 0 Å². The van der Waals surface area contributed by atoms with Gasteiger partial charge in [-0.2, -0.15) is 0 Å². The zero-order valence-corrected chi connectivity index (χ0v) is 12.3. The minimum absolute atomic E-state index is 0.345. The van der Waals surface area contributed by atoms with Crippen LogP contribution >= 0.6 is 0 Å². The van der Waals surface area contributed by atoms with Crippen molar-refractivity contribution in [3.05, 3.63) is 35.4 Å². The van der Waals surface area contributed by atoms with Gasteiger partial charge in [0.05, 0.1) is 0 Å². The third-order valence-electron chi connectivity index (χ3n) is 4.49. The van der Waals surface area contributed by atoms with Gasteiger partial charge in [-0.1, -0.05) is 45.0 Å². The van der Waals surface area contributed by atoms with Crippen LogP contribution in [0.2, 0.25) is 0 Å². The van der Waals surface area contributed by atoms with Crippen LogP contribution in [-0.2, 0) is 5.41 Å². The van der Waals surface area contributed by atoms with Crippen molar-refractivity contribution in [1.29, 1.82) is 0 Å². The largest absolute Gasteiger partial charge is 0.314 e. The fraction of sp³-hybridized carbons (Fsp3) is 0.647. The molecule has 0 radical (unpaired) electrons. The van der Waals surface area contributed by atoms with Crippen molar-refractivity contribution < 1.29 is 0 Å². The molecule has 0 aromatic heterocycles. The Morgan fingerprint density at radius 2 is 2.06 bits per heavy atom. The highest BCUT2D eigenvalue weighted by Crippen LogP contribution is 2.43. The molecule has 0 heterocycles. The summed E-state index contributed by atoms with van der Waals surface area (Å²) in [6, 6.07) is 9.63. The van der Waals surface area contributed by atoms with E-state index in [1.165, 1.54) is 19.3 Å². The van der Waals surface area contributed by atoms with Gasteiger partial charge in [0, 0.05) is 6.04 Å². The summed E-state index contributed by atoms with van der Waals surface area (Å²) >= 11 is 0. The van der Waals surface area contributed by atoms with Crippen LogP contribution in [-0.4, -0.2) is 12.6 Å². The lowest BCUT2D eigenvalue weighted by Crippen LogP contribution is -2.37. The SMILES string of the molecule is CCCNC(C)C1CCC(C)(C)c2ccccc21. The van der Waals surface area contributed by atoms with E-state index in [0.29, 0.717) is 17.4 Å². The molecule has 0 saturated carbocycles. The number of nitrogens with one attached hydrogen (secondary N) is 1. The van der Waals surface area contributed by atoms with Crippen LogP contribution in [0.1, 0.15) is 64.0 Å². The summed E-state index contributed by atoms with van der Waals surface area (Å²) in [5, 5.41) is 3.67. The highest BCUT2D eigenvalue weighted by Gasteiger charge is 2.34. The van der Waals surface area contributed by atoms with Gasteiger partial charge in [0.15, 0.2) is 0 Å². The fourth-order valence-corrected chi connectivity index (χ4v) is 3.28. The Hall–Kier alpha value is -0.820. The lowest BCUT2D eigenvalue weighted by atomic mass is 9.67. The maximum absolute atomic E-state index is 3.67. The van der Waals surface area contributed by atoms with Gasteiger partial charge < -0.3 is 5.32 Å². The summed E-state index contributed by atoms with van der Waals surface area (Å²) < 4.78 is 0. The molecule has 0 spiro atoms. The maximum Gasteiger partial charge on any atom is 0.0108 e. The van der Waals surface area contributed by atoms with Crippen molar-refractivity contribution in [3.63, 3.8) is 0 Å². The van der Waals surface area contributed by atoms with Crippen LogP contribution in [0, 0.1) is 0 Å². The molecule has 2 unspecified atom stereocenters. The highest BCUT2D eigenvalue weighted by atomic mass is 14.9. The van der Waals surface area contributed by atoms with Gasteiger partial charge in [-0.15, -0.1) is 0 Å². The molecule has 2 rings (SSSR count). The van der Waals surface area contributed by atoms with Crippen LogP contribution in [0.25, 0.3) is 0 Å². The van der Waals surface area contributed by atoms with Gasteiger partial charge in [0.25, 0.3) is 0 Å². The standard InChI is InChI=1S/C17H27N/c1-5-12-18-13(2)14-10-11-17(3,4)16-9-7-6-8-15(14)16/h6-9,13-14,18H,5,10-12H2,1-4H3. The van der Waals surface area contributed by atoms with Crippen molar-refractivity contribution in [2.45, 2.75) is 64.3 Å². The van der Waals surface area contributed by atoms with Gasteiger partial charge in [-0.3, -0.25) is 0 Å². The van der Waals surface area contributed by atoms with E-state index in [1.807, 2.05) is 0 Å². The van der Waals surface area contributed by atoms with E-state index in [4.69, 9.17) is 0 Å². The van der Waals surface area contributed by atoms with E-state index in [-0.39, 0.29) is 0 Å². The van der Waals surface area contributed by atoms with Crippen LogP contribution in [0.5, 0.6) is 0 Å². The van der Waals surface area contributed by atoms with Crippen molar-refractivity contribution in [3.8, 4) is 0 Å². The van der Waals surface area contributed by atoms with E-state index in [9.17, 15) is 0 Å². The molecular weight excluding hydrogens is 218 g/mol. The molecule has 1 aliphatic carbocycles. The Bertz CT molecular complexity index is 394. The first-order valence-electron chi connectivity index (χ1n) is 7.39. The summed E-state index contributed by atoms with van der Waals surface area (Å²) in [7, 11) is 0. The highest BCUT2D eigenvalue weighted by molar-refractivity contribution is 5.39. The molecular formula is C17H27N. The summed E-state index contributed by atoms with van der Waals surface area (Å²) in [5.74, 6) is 0.681. The van der Waals surface area contributed by atoms with Crippen molar-refractivity contribution in [2.24, 2.45) is 0 Å². The Morgan fingerprint density at radius 1 is 1.33 bits per heavy atom. The molecule has 1 heteroatoms. The monoisotopic (exact) mass is 245 g/mol. The normalized spacial score (nSPS) is 23.4. The Labute approximate surface area is 112 Å². The quantitative estimate of drug-likeness (QED) is 0.837. The van der Waals surface area contributed by atoms with Crippen LogP contribution in [0.15, 0.2) is 24.3 Å². The smallest absolute Gasteiger partial charge is 0.0108 e. The first-order valence-corrected chi connectivity index (χ1v) is 7.39. The maximum atomic E-state index is 3.67. The molecule has 1 nitrogen and oxygen atoms in total. The molecule has 18 heavy (non-hydrogen) atoms. The summed E-state index contributed by atoms with van der Waals surface area (Å²) in [6.07, 6.45) is 3.82. The molecule has 0 amide bonds. The third-order valence-corrected chi connectivity index (χ3v) is 4.49. The van der Waals surface area contributed by atoms with Crippen molar-refractivity contribution in [1.82, 2.24) is 5.32 Å². The molecule has 1 N–H and O–H groups in total. The zero-order chi connectivity index (χ0) is 13.2. The third kappa shape index (κ3) is 2.61. The van der Waals surface area contributed by atoms with E-state index in [2.05, 4.69) is 57.3 Å². The Kier molecular flexibility index (Phi) is 4.11. The van der Waals surface area contributed by atoms with Crippen molar-refractivity contribution in [2.75, 3.05) is 6.54 Å². The average molecular weight is 245 g/mol. The van der Waals surface area contributed by atoms with Crippen LogP contribution < -0.4 is 5.32 Å². The van der Waals surface area contributed by atoms with Gasteiger partial charge in [-0.25, -0.2) is 0 Å². The van der Waals surface area contributed by atoms with E-state index in [1.54, 1.807) is 11.1 Å². The lowest BCUT2D eigenvalue weighted by Gasteiger charge is -2.39. The number of rotatable bonds is 4. The fourth-order valence-electron chi connectivity index (χ4n) is 3.28. The molecule has 0 fully saturated rings. The number of fused-ring (bicyclic) bond motifs is 1. The summed E-state index contributed by atoms with van der Waals surface area (Å²) in [6.45, 7) is 10.5.